The monoisotopic (exact) mass is 548 g/mol. The van der Waals surface area contributed by atoms with Gasteiger partial charge in [-0.2, -0.15) is 0 Å². The van der Waals surface area contributed by atoms with E-state index in [4.69, 9.17) is 9.47 Å². The molecule has 5 rings (SSSR count). The molecule has 0 saturated carbocycles. The van der Waals surface area contributed by atoms with Gasteiger partial charge in [0.15, 0.2) is 0 Å². The van der Waals surface area contributed by atoms with Crippen molar-refractivity contribution in [1.29, 1.82) is 0 Å². The van der Waals surface area contributed by atoms with E-state index in [2.05, 4.69) is 28.1 Å². The molecular weight excluding hydrogens is 512 g/mol. The van der Waals surface area contributed by atoms with Crippen LogP contribution in [-0.4, -0.2) is 86.2 Å². The first-order valence-corrected chi connectivity index (χ1v) is 14.3. The lowest BCUT2D eigenvalue weighted by Crippen LogP contribution is -2.42. The number of likely N-dealkylation sites (N-methyl/N-ethyl adjacent to an activating group) is 1. The van der Waals surface area contributed by atoms with Crippen molar-refractivity contribution in [2.24, 2.45) is 0 Å². The molecule has 39 heavy (non-hydrogen) atoms. The molecule has 0 unspecified atom stereocenters. The summed E-state index contributed by atoms with van der Waals surface area (Å²) in [6.07, 6.45) is 0.946. The number of hydrogen-bond donors (Lipinski definition) is 0. The fourth-order valence-corrected chi connectivity index (χ4v) is 6.03. The number of anilines is 1. The fourth-order valence-electron chi connectivity index (χ4n) is 5.10. The van der Waals surface area contributed by atoms with Crippen molar-refractivity contribution < 1.29 is 19.1 Å². The first-order chi connectivity index (χ1) is 18.9. The molecule has 0 radical (unpaired) electrons. The molecular formula is C30H36N4O4S. The number of fused-ring (bicyclic) bond motifs is 3. The maximum Gasteiger partial charge on any atom is 0.253 e. The summed E-state index contributed by atoms with van der Waals surface area (Å²) in [5, 5.41) is 0.959. The fraction of sp³-hybridized carbons (Fsp3) is 0.433. The molecule has 2 aromatic carbocycles. The number of carbonyl (C=O) groups is 2. The van der Waals surface area contributed by atoms with Gasteiger partial charge in [0.1, 0.15) is 12.4 Å². The van der Waals surface area contributed by atoms with Gasteiger partial charge in [0, 0.05) is 61.3 Å². The molecule has 0 aliphatic carbocycles. The molecule has 1 aromatic heterocycles. The molecule has 2 aliphatic rings. The van der Waals surface area contributed by atoms with Crippen molar-refractivity contribution >= 4 is 28.8 Å². The van der Waals surface area contributed by atoms with Gasteiger partial charge in [0.2, 0.25) is 5.91 Å². The van der Waals surface area contributed by atoms with Crippen LogP contribution in [-0.2, 0) is 22.4 Å². The van der Waals surface area contributed by atoms with E-state index >= 15 is 0 Å². The van der Waals surface area contributed by atoms with Gasteiger partial charge in [-0.1, -0.05) is 12.1 Å². The topological polar surface area (TPSA) is 75.2 Å². The van der Waals surface area contributed by atoms with Gasteiger partial charge < -0.3 is 24.2 Å². The van der Waals surface area contributed by atoms with E-state index in [1.54, 1.807) is 23.3 Å². The number of aryl methyl sites for hydroxylation is 2. The van der Waals surface area contributed by atoms with Gasteiger partial charge in [0.05, 0.1) is 36.9 Å². The second-order valence-electron chi connectivity index (χ2n) is 10.1. The molecule has 0 spiro atoms. The first-order valence-electron chi connectivity index (χ1n) is 13.5. The highest BCUT2D eigenvalue weighted by Gasteiger charge is 2.21. The summed E-state index contributed by atoms with van der Waals surface area (Å²) in [7, 11) is 1.79. The number of thiazole rings is 1. The summed E-state index contributed by atoms with van der Waals surface area (Å²) in [5.74, 6) is 0.774. The standard InChI is InChI=1S/C30H36N4O4S/c1-21-28(39-22(2)31-21)20-29(35)34-10-9-32(3)30(36)24-6-4-5-23(17-24)18-25-19-26(33-11-14-37-15-12-33)7-8-27(25)38-16-13-34/h4-8,17,19H,9-16,18,20H2,1-3H3. The van der Waals surface area contributed by atoms with E-state index in [1.807, 2.05) is 43.0 Å². The molecule has 3 aromatic rings. The van der Waals surface area contributed by atoms with Crippen LogP contribution < -0.4 is 9.64 Å². The predicted octanol–water partition coefficient (Wildman–Crippen LogP) is 3.72. The van der Waals surface area contributed by atoms with Crippen LogP contribution in [0.4, 0.5) is 5.69 Å². The van der Waals surface area contributed by atoms with Crippen molar-refractivity contribution in [2.75, 3.05) is 64.5 Å². The summed E-state index contributed by atoms with van der Waals surface area (Å²) in [5.41, 5.74) is 4.81. The number of amides is 2. The second-order valence-corrected chi connectivity index (χ2v) is 11.4. The Morgan fingerprint density at radius 2 is 1.82 bits per heavy atom. The van der Waals surface area contributed by atoms with Crippen LogP contribution in [0.2, 0.25) is 0 Å². The van der Waals surface area contributed by atoms with Crippen molar-refractivity contribution in [3.05, 3.63) is 74.7 Å². The summed E-state index contributed by atoms with van der Waals surface area (Å²) in [6, 6.07) is 14.1. The zero-order valence-corrected chi connectivity index (χ0v) is 23.8. The Bertz CT molecular complexity index is 1330. The lowest BCUT2D eigenvalue weighted by Gasteiger charge is -2.30. The predicted molar refractivity (Wildman–Crippen MR) is 153 cm³/mol. The Morgan fingerprint density at radius 1 is 1.00 bits per heavy atom. The maximum absolute atomic E-state index is 13.4. The van der Waals surface area contributed by atoms with Crippen LogP contribution >= 0.6 is 11.3 Å². The lowest BCUT2D eigenvalue weighted by molar-refractivity contribution is -0.131. The number of morpholine rings is 1. The third-order valence-electron chi connectivity index (χ3n) is 7.32. The van der Waals surface area contributed by atoms with Crippen LogP contribution in [0.25, 0.3) is 0 Å². The van der Waals surface area contributed by atoms with Gasteiger partial charge in [-0.05, 0) is 49.7 Å². The van der Waals surface area contributed by atoms with E-state index < -0.39 is 0 Å². The Hall–Kier alpha value is -3.43. The summed E-state index contributed by atoms with van der Waals surface area (Å²) in [4.78, 5) is 38.0. The minimum atomic E-state index is -0.0474. The minimum Gasteiger partial charge on any atom is -0.491 e. The number of aromatic nitrogens is 1. The molecule has 8 nitrogen and oxygen atoms in total. The number of benzene rings is 2. The Kier molecular flexibility index (Phi) is 8.47. The van der Waals surface area contributed by atoms with Crippen molar-refractivity contribution in [3.8, 4) is 5.75 Å². The number of nitrogens with zero attached hydrogens (tertiary/aromatic N) is 4. The van der Waals surface area contributed by atoms with E-state index in [0.29, 0.717) is 44.6 Å². The van der Waals surface area contributed by atoms with E-state index in [9.17, 15) is 9.59 Å². The highest BCUT2D eigenvalue weighted by molar-refractivity contribution is 7.11. The van der Waals surface area contributed by atoms with Crippen molar-refractivity contribution in [1.82, 2.24) is 14.8 Å². The molecule has 206 valence electrons. The maximum atomic E-state index is 13.4. The number of ether oxygens (including phenoxy) is 2. The third-order valence-corrected chi connectivity index (χ3v) is 8.40. The van der Waals surface area contributed by atoms with E-state index in [1.165, 1.54) is 0 Å². The van der Waals surface area contributed by atoms with Crippen LogP contribution in [0.3, 0.4) is 0 Å². The van der Waals surface area contributed by atoms with Crippen LogP contribution in [0, 0.1) is 13.8 Å². The SMILES string of the molecule is Cc1nc(C)c(CC(=O)N2CCOc3ccc(N4CCOCC4)cc3Cc3cccc(c3)C(=O)N(C)CC2)s1. The van der Waals surface area contributed by atoms with Crippen molar-refractivity contribution in [2.45, 2.75) is 26.7 Å². The largest absolute Gasteiger partial charge is 0.491 e. The number of carbonyl (C=O) groups excluding carboxylic acids is 2. The molecule has 1 saturated heterocycles. The van der Waals surface area contributed by atoms with Crippen LogP contribution in [0.5, 0.6) is 5.75 Å². The number of rotatable bonds is 3. The first kappa shape index (κ1) is 27.1. The van der Waals surface area contributed by atoms with Gasteiger partial charge >= 0.3 is 0 Å². The highest BCUT2D eigenvalue weighted by atomic mass is 32.1. The normalized spacial score (nSPS) is 16.9. The summed E-state index contributed by atoms with van der Waals surface area (Å²) >= 11 is 1.56. The summed E-state index contributed by atoms with van der Waals surface area (Å²) in [6.45, 7) is 8.73. The smallest absolute Gasteiger partial charge is 0.253 e. The van der Waals surface area contributed by atoms with Gasteiger partial charge in [-0.3, -0.25) is 9.59 Å². The van der Waals surface area contributed by atoms with Gasteiger partial charge in [-0.15, -0.1) is 11.3 Å². The van der Waals surface area contributed by atoms with Crippen LogP contribution in [0.1, 0.15) is 37.1 Å². The summed E-state index contributed by atoms with van der Waals surface area (Å²) < 4.78 is 11.9. The second kappa shape index (κ2) is 12.2. The molecule has 0 atom stereocenters. The van der Waals surface area contributed by atoms with Gasteiger partial charge in [-0.25, -0.2) is 4.98 Å². The number of hydrogen-bond acceptors (Lipinski definition) is 7. The molecule has 3 heterocycles. The lowest BCUT2D eigenvalue weighted by atomic mass is 10.0. The third kappa shape index (κ3) is 6.59. The molecule has 2 bridgehead atoms. The minimum absolute atomic E-state index is 0.0168. The van der Waals surface area contributed by atoms with Crippen LogP contribution in [0.15, 0.2) is 42.5 Å². The average Bonchev–Trinajstić information content (AvgIpc) is 3.26. The van der Waals surface area contributed by atoms with E-state index in [0.717, 1.165) is 64.4 Å². The molecule has 0 N–H and O–H groups in total. The molecule has 2 aliphatic heterocycles. The molecule has 1 fully saturated rings. The Labute approximate surface area is 234 Å². The Morgan fingerprint density at radius 3 is 2.59 bits per heavy atom. The highest BCUT2D eigenvalue weighted by Crippen LogP contribution is 2.29. The molecule has 2 amide bonds. The van der Waals surface area contributed by atoms with E-state index in [-0.39, 0.29) is 11.8 Å². The Balaban J connectivity index is 1.42. The molecule has 9 heteroatoms. The average molecular weight is 549 g/mol. The zero-order valence-electron chi connectivity index (χ0n) is 22.9. The quantitative estimate of drug-likeness (QED) is 0.497. The zero-order chi connectivity index (χ0) is 27.4. The van der Waals surface area contributed by atoms with Gasteiger partial charge in [0.25, 0.3) is 5.91 Å². The van der Waals surface area contributed by atoms with Crippen molar-refractivity contribution in [3.63, 3.8) is 0 Å².